The molecule has 3 aromatic rings. The van der Waals surface area contributed by atoms with Crippen molar-refractivity contribution in [3.63, 3.8) is 0 Å². The Morgan fingerprint density at radius 3 is 2.53 bits per heavy atom. The molecule has 4 rings (SSSR count). The number of benzene rings is 2. The lowest BCUT2D eigenvalue weighted by atomic mass is 10.0. The van der Waals surface area contributed by atoms with E-state index in [-0.39, 0.29) is 12.4 Å². The van der Waals surface area contributed by atoms with Crippen molar-refractivity contribution in [2.45, 2.75) is 31.9 Å². The van der Waals surface area contributed by atoms with E-state index in [1.807, 2.05) is 36.4 Å². The number of ether oxygens (including phenoxy) is 4. The molecule has 0 saturated heterocycles. The van der Waals surface area contributed by atoms with Crippen LogP contribution in [0.3, 0.4) is 0 Å². The van der Waals surface area contributed by atoms with Gasteiger partial charge in [0.15, 0.2) is 5.76 Å². The second-order valence-corrected chi connectivity index (χ2v) is 8.34. The Balaban J connectivity index is 1.27. The standard InChI is InChI=1S/C27H28ClNO5/c28-24-12-6-5-11-23(24)27(25-19-32-20-34-25)29-14-13-22(17-26(29)30)33-16-8-2-7-15-31-18-21-9-3-1-4-10-21/h1,3-6,9-14,17,19,27H,2,7-8,15-16,18,20H2. The number of rotatable bonds is 12. The first-order chi connectivity index (χ1) is 16.7. The molecule has 7 heteroatoms. The van der Waals surface area contributed by atoms with E-state index < -0.39 is 6.04 Å². The van der Waals surface area contributed by atoms with Gasteiger partial charge in [-0.25, -0.2) is 0 Å². The largest absolute Gasteiger partial charge is 0.493 e. The summed E-state index contributed by atoms with van der Waals surface area (Å²) < 4.78 is 23.9. The monoisotopic (exact) mass is 481 g/mol. The maximum atomic E-state index is 12.9. The normalized spacial score (nSPS) is 13.6. The summed E-state index contributed by atoms with van der Waals surface area (Å²) in [6.07, 6.45) is 6.07. The number of halogens is 1. The summed E-state index contributed by atoms with van der Waals surface area (Å²) >= 11 is 6.42. The molecule has 178 valence electrons. The van der Waals surface area contributed by atoms with Gasteiger partial charge in [-0.2, -0.15) is 0 Å². The lowest BCUT2D eigenvalue weighted by molar-refractivity contribution is 0.0735. The van der Waals surface area contributed by atoms with Crippen LogP contribution in [-0.2, 0) is 20.8 Å². The van der Waals surface area contributed by atoms with Gasteiger partial charge in [0.2, 0.25) is 6.79 Å². The number of hydrogen-bond acceptors (Lipinski definition) is 5. The van der Waals surface area contributed by atoms with Gasteiger partial charge in [0, 0.05) is 29.5 Å². The van der Waals surface area contributed by atoms with E-state index in [2.05, 4.69) is 12.1 Å². The highest BCUT2D eigenvalue weighted by Crippen LogP contribution is 2.33. The molecular formula is C27H28ClNO5. The van der Waals surface area contributed by atoms with Crippen LogP contribution in [0.5, 0.6) is 5.75 Å². The number of unbranched alkanes of at least 4 members (excludes halogenated alkanes) is 2. The quantitative estimate of drug-likeness (QED) is 0.310. The zero-order valence-electron chi connectivity index (χ0n) is 18.9. The van der Waals surface area contributed by atoms with Gasteiger partial charge in [-0.05, 0) is 37.0 Å². The first-order valence-corrected chi connectivity index (χ1v) is 11.8. The van der Waals surface area contributed by atoms with E-state index in [1.165, 1.54) is 17.9 Å². The fourth-order valence-corrected chi connectivity index (χ4v) is 3.98. The summed E-state index contributed by atoms with van der Waals surface area (Å²) in [5, 5.41) is 0.545. The van der Waals surface area contributed by atoms with Crippen molar-refractivity contribution in [2.75, 3.05) is 20.0 Å². The molecule has 0 fully saturated rings. The Morgan fingerprint density at radius 2 is 1.76 bits per heavy atom. The number of aromatic nitrogens is 1. The average Bonchev–Trinajstić information content (AvgIpc) is 3.38. The molecule has 0 amide bonds. The van der Waals surface area contributed by atoms with Crippen LogP contribution in [0.15, 0.2) is 89.7 Å². The maximum Gasteiger partial charge on any atom is 0.255 e. The molecule has 1 unspecified atom stereocenters. The molecule has 0 saturated carbocycles. The minimum Gasteiger partial charge on any atom is -0.493 e. The fraction of sp³-hybridized carbons (Fsp3) is 0.296. The molecule has 0 aliphatic carbocycles. The maximum absolute atomic E-state index is 12.9. The lowest BCUT2D eigenvalue weighted by Gasteiger charge is -2.21. The van der Waals surface area contributed by atoms with Crippen LogP contribution in [0.25, 0.3) is 0 Å². The summed E-state index contributed by atoms with van der Waals surface area (Å²) in [4.78, 5) is 12.9. The lowest BCUT2D eigenvalue weighted by Crippen LogP contribution is -2.26. The van der Waals surface area contributed by atoms with Crippen molar-refractivity contribution in [1.29, 1.82) is 0 Å². The first-order valence-electron chi connectivity index (χ1n) is 11.4. The smallest absolute Gasteiger partial charge is 0.255 e. The van der Waals surface area contributed by atoms with Gasteiger partial charge < -0.3 is 23.5 Å². The Labute approximate surface area is 204 Å². The molecule has 2 heterocycles. The van der Waals surface area contributed by atoms with Gasteiger partial charge in [0.25, 0.3) is 5.56 Å². The third-order valence-corrected chi connectivity index (χ3v) is 5.82. The van der Waals surface area contributed by atoms with Crippen LogP contribution in [0.2, 0.25) is 5.02 Å². The predicted molar refractivity (Wildman–Crippen MR) is 131 cm³/mol. The van der Waals surface area contributed by atoms with Gasteiger partial charge in [-0.15, -0.1) is 0 Å². The van der Waals surface area contributed by atoms with Crippen molar-refractivity contribution < 1.29 is 18.9 Å². The molecule has 1 atom stereocenters. The van der Waals surface area contributed by atoms with Crippen LogP contribution in [0, 0.1) is 0 Å². The third kappa shape index (κ3) is 6.43. The Hall–Kier alpha value is -3.22. The number of pyridine rings is 1. The van der Waals surface area contributed by atoms with Gasteiger partial charge in [0.05, 0.1) is 13.2 Å². The summed E-state index contributed by atoms with van der Waals surface area (Å²) in [6.45, 7) is 2.01. The molecule has 1 aromatic heterocycles. The Kier molecular flexibility index (Phi) is 8.65. The molecule has 0 spiro atoms. The number of nitrogens with zero attached hydrogens (tertiary/aromatic N) is 1. The van der Waals surface area contributed by atoms with Crippen LogP contribution in [-0.4, -0.2) is 24.6 Å². The van der Waals surface area contributed by atoms with E-state index >= 15 is 0 Å². The molecule has 2 aromatic carbocycles. The van der Waals surface area contributed by atoms with E-state index in [1.54, 1.807) is 22.9 Å². The number of hydrogen-bond donors (Lipinski definition) is 0. The van der Waals surface area contributed by atoms with E-state index in [9.17, 15) is 4.79 Å². The number of allylic oxidation sites excluding steroid dienone is 1. The van der Waals surface area contributed by atoms with Crippen molar-refractivity contribution in [3.8, 4) is 5.75 Å². The summed E-state index contributed by atoms with van der Waals surface area (Å²) in [5.74, 6) is 1.07. The first kappa shape index (κ1) is 23.9. The van der Waals surface area contributed by atoms with E-state index in [0.717, 1.165) is 31.4 Å². The molecule has 1 aliphatic rings. The zero-order chi connectivity index (χ0) is 23.6. The van der Waals surface area contributed by atoms with Gasteiger partial charge in [0.1, 0.15) is 18.1 Å². The van der Waals surface area contributed by atoms with Crippen LogP contribution < -0.4 is 10.3 Å². The second kappa shape index (κ2) is 12.3. The van der Waals surface area contributed by atoms with Crippen molar-refractivity contribution in [2.24, 2.45) is 0 Å². The zero-order valence-corrected chi connectivity index (χ0v) is 19.7. The Bertz CT molecular complexity index is 1150. The highest BCUT2D eigenvalue weighted by Gasteiger charge is 2.26. The molecule has 34 heavy (non-hydrogen) atoms. The van der Waals surface area contributed by atoms with Crippen LogP contribution >= 0.6 is 11.6 Å². The second-order valence-electron chi connectivity index (χ2n) is 7.93. The minimum absolute atomic E-state index is 0.115. The Morgan fingerprint density at radius 1 is 0.971 bits per heavy atom. The van der Waals surface area contributed by atoms with Crippen molar-refractivity contribution in [1.82, 2.24) is 4.57 Å². The fourth-order valence-electron chi connectivity index (χ4n) is 3.74. The van der Waals surface area contributed by atoms with Crippen molar-refractivity contribution >= 4 is 11.6 Å². The summed E-state index contributed by atoms with van der Waals surface area (Å²) in [7, 11) is 0. The van der Waals surface area contributed by atoms with Crippen molar-refractivity contribution in [3.05, 3.63) is 111 Å². The molecule has 0 N–H and O–H groups in total. The van der Waals surface area contributed by atoms with Crippen LogP contribution in [0.4, 0.5) is 0 Å². The van der Waals surface area contributed by atoms with Crippen LogP contribution in [0.1, 0.15) is 36.4 Å². The van der Waals surface area contributed by atoms with E-state index in [0.29, 0.717) is 29.7 Å². The molecule has 0 radical (unpaired) electrons. The molecule has 6 nitrogen and oxygen atoms in total. The van der Waals surface area contributed by atoms with E-state index in [4.69, 9.17) is 30.5 Å². The topological polar surface area (TPSA) is 58.9 Å². The predicted octanol–water partition coefficient (Wildman–Crippen LogP) is 5.70. The molecule has 1 aliphatic heterocycles. The highest BCUT2D eigenvalue weighted by atomic mass is 35.5. The summed E-state index contributed by atoms with van der Waals surface area (Å²) in [5.41, 5.74) is 1.72. The molecular weight excluding hydrogens is 454 g/mol. The van der Waals surface area contributed by atoms with Gasteiger partial charge in [-0.1, -0.05) is 60.1 Å². The highest BCUT2D eigenvalue weighted by molar-refractivity contribution is 6.31. The van der Waals surface area contributed by atoms with Gasteiger partial charge >= 0.3 is 0 Å². The minimum atomic E-state index is -0.520. The van der Waals surface area contributed by atoms with Gasteiger partial charge in [-0.3, -0.25) is 4.79 Å². The SMILES string of the molecule is O=c1cc(OCCCCCOCc2ccccc2)ccn1C(C1=COCO1)c1ccccc1Cl. The average molecular weight is 482 g/mol. The summed E-state index contributed by atoms with van der Waals surface area (Å²) in [6, 6.07) is 20.3. The molecule has 0 bridgehead atoms. The third-order valence-electron chi connectivity index (χ3n) is 5.47.